The largest absolute Gasteiger partial charge is 0.464 e. The molecule has 0 aliphatic heterocycles. The number of rotatable bonds is 7. The number of aryl methyl sites for hydroxylation is 1. The van der Waals surface area contributed by atoms with E-state index < -0.39 is 0 Å². The van der Waals surface area contributed by atoms with Crippen molar-refractivity contribution in [2.24, 2.45) is 10.9 Å². The van der Waals surface area contributed by atoms with Crippen molar-refractivity contribution in [1.29, 1.82) is 0 Å². The van der Waals surface area contributed by atoms with E-state index in [2.05, 4.69) is 20.9 Å². The molecule has 3 N–H and O–H groups in total. The second-order valence-electron chi connectivity index (χ2n) is 5.52. The zero-order chi connectivity index (χ0) is 16.5. The number of carbonyl (C=O) groups is 1. The molecule has 0 fully saturated rings. The molecule has 132 valence electrons. The first-order chi connectivity index (χ1) is 10.4. The van der Waals surface area contributed by atoms with Crippen LogP contribution in [-0.4, -0.2) is 31.5 Å². The first-order valence-electron chi connectivity index (χ1n) is 7.83. The number of nitrogens with one attached hydrogen (secondary N) is 3. The fourth-order valence-corrected chi connectivity index (χ4v) is 1.83. The van der Waals surface area contributed by atoms with E-state index in [-0.39, 0.29) is 41.8 Å². The van der Waals surface area contributed by atoms with Gasteiger partial charge in [0.1, 0.15) is 11.5 Å². The second kappa shape index (κ2) is 11.3. The van der Waals surface area contributed by atoms with E-state index in [4.69, 9.17) is 4.42 Å². The molecular weight excluding hydrogens is 407 g/mol. The smallest absolute Gasteiger partial charge is 0.222 e. The number of nitrogens with zero attached hydrogens (tertiary/aromatic N) is 1. The number of hydrogen-bond donors (Lipinski definition) is 3. The third-order valence-corrected chi connectivity index (χ3v) is 3.09. The van der Waals surface area contributed by atoms with Crippen molar-refractivity contribution < 1.29 is 9.21 Å². The van der Waals surface area contributed by atoms with Crippen LogP contribution in [0.25, 0.3) is 0 Å². The number of halogens is 1. The fourth-order valence-electron chi connectivity index (χ4n) is 1.83. The summed E-state index contributed by atoms with van der Waals surface area (Å²) in [5.41, 5.74) is 0. The number of aliphatic imine (C=N–C) groups is 1. The van der Waals surface area contributed by atoms with Crippen molar-refractivity contribution >= 4 is 35.8 Å². The van der Waals surface area contributed by atoms with Crippen LogP contribution in [-0.2, 0) is 4.79 Å². The average molecular weight is 436 g/mol. The van der Waals surface area contributed by atoms with Crippen LogP contribution in [0.5, 0.6) is 0 Å². The van der Waals surface area contributed by atoms with Crippen LogP contribution in [0.3, 0.4) is 0 Å². The van der Waals surface area contributed by atoms with Crippen molar-refractivity contribution in [2.75, 3.05) is 19.6 Å². The van der Waals surface area contributed by atoms with Crippen LogP contribution in [0, 0.1) is 12.8 Å². The highest BCUT2D eigenvalue weighted by Crippen LogP contribution is 2.15. The average Bonchev–Trinajstić information content (AvgIpc) is 2.90. The van der Waals surface area contributed by atoms with Gasteiger partial charge in [-0.1, -0.05) is 13.8 Å². The predicted molar refractivity (Wildman–Crippen MR) is 104 cm³/mol. The van der Waals surface area contributed by atoms with Crippen LogP contribution in [0.4, 0.5) is 0 Å². The number of carbonyl (C=O) groups excluding carboxylic acids is 1. The summed E-state index contributed by atoms with van der Waals surface area (Å²) in [5, 5.41) is 9.32. The molecule has 0 saturated heterocycles. The van der Waals surface area contributed by atoms with Gasteiger partial charge in [-0.2, -0.15) is 0 Å². The van der Waals surface area contributed by atoms with Gasteiger partial charge in [0.05, 0.1) is 12.6 Å². The van der Waals surface area contributed by atoms with Gasteiger partial charge in [-0.15, -0.1) is 24.0 Å². The van der Waals surface area contributed by atoms with Crippen LogP contribution in [0.2, 0.25) is 0 Å². The Morgan fingerprint density at radius 1 is 1.26 bits per heavy atom. The van der Waals surface area contributed by atoms with Gasteiger partial charge in [0, 0.05) is 19.0 Å². The number of furan rings is 1. The molecule has 1 rings (SSSR count). The zero-order valence-corrected chi connectivity index (χ0v) is 16.9. The minimum absolute atomic E-state index is 0. The highest BCUT2D eigenvalue weighted by molar-refractivity contribution is 14.0. The normalized spacial score (nSPS) is 12.5. The first-order valence-corrected chi connectivity index (χ1v) is 7.83. The van der Waals surface area contributed by atoms with E-state index >= 15 is 0 Å². The molecule has 7 heteroatoms. The molecule has 0 spiro atoms. The number of hydrogen-bond acceptors (Lipinski definition) is 3. The van der Waals surface area contributed by atoms with Crippen molar-refractivity contribution in [1.82, 2.24) is 16.0 Å². The molecule has 1 heterocycles. The van der Waals surface area contributed by atoms with Crippen LogP contribution in [0.1, 0.15) is 45.3 Å². The molecule has 0 aliphatic carbocycles. The SMILES string of the molecule is CCNC(=NCCNC(=O)C(C)C)NC(C)c1ccc(C)o1.I. The number of amides is 1. The van der Waals surface area contributed by atoms with Crippen LogP contribution in [0.15, 0.2) is 21.5 Å². The minimum atomic E-state index is -0.00226. The topological polar surface area (TPSA) is 78.7 Å². The summed E-state index contributed by atoms with van der Waals surface area (Å²) in [4.78, 5) is 15.9. The Balaban J connectivity index is 0.00000484. The monoisotopic (exact) mass is 436 g/mol. The molecule has 6 nitrogen and oxygen atoms in total. The van der Waals surface area contributed by atoms with Crippen LogP contribution < -0.4 is 16.0 Å². The fraction of sp³-hybridized carbons (Fsp3) is 0.625. The Hall–Kier alpha value is -1.25. The Labute approximate surface area is 155 Å². The van der Waals surface area contributed by atoms with E-state index in [9.17, 15) is 4.79 Å². The molecule has 1 aromatic rings. The zero-order valence-electron chi connectivity index (χ0n) is 14.6. The summed E-state index contributed by atoms with van der Waals surface area (Å²) in [7, 11) is 0. The van der Waals surface area contributed by atoms with E-state index in [1.54, 1.807) is 0 Å². The molecular formula is C16H29IN4O2. The lowest BCUT2D eigenvalue weighted by Gasteiger charge is -2.16. The summed E-state index contributed by atoms with van der Waals surface area (Å²) >= 11 is 0. The first kappa shape index (κ1) is 21.8. The van der Waals surface area contributed by atoms with Gasteiger partial charge in [0.15, 0.2) is 5.96 Å². The third-order valence-electron chi connectivity index (χ3n) is 3.09. The van der Waals surface area contributed by atoms with Gasteiger partial charge < -0.3 is 20.4 Å². The lowest BCUT2D eigenvalue weighted by molar-refractivity contribution is -0.123. The molecule has 0 saturated carbocycles. The van der Waals surface area contributed by atoms with E-state index in [1.807, 2.05) is 46.8 Å². The quantitative estimate of drug-likeness (QED) is 0.266. The Morgan fingerprint density at radius 2 is 1.96 bits per heavy atom. The maximum absolute atomic E-state index is 11.5. The van der Waals surface area contributed by atoms with Gasteiger partial charge in [0.2, 0.25) is 5.91 Å². The minimum Gasteiger partial charge on any atom is -0.464 e. The summed E-state index contributed by atoms with van der Waals surface area (Å²) in [6.45, 7) is 11.5. The summed E-state index contributed by atoms with van der Waals surface area (Å²) < 4.78 is 5.61. The van der Waals surface area contributed by atoms with Crippen molar-refractivity contribution in [3.05, 3.63) is 23.7 Å². The predicted octanol–water partition coefficient (Wildman–Crippen LogP) is 2.59. The maximum atomic E-state index is 11.5. The van der Waals surface area contributed by atoms with E-state index in [0.29, 0.717) is 19.0 Å². The highest BCUT2D eigenvalue weighted by Gasteiger charge is 2.11. The van der Waals surface area contributed by atoms with Gasteiger partial charge >= 0.3 is 0 Å². The molecule has 0 aliphatic rings. The Morgan fingerprint density at radius 3 is 2.48 bits per heavy atom. The lowest BCUT2D eigenvalue weighted by atomic mass is 10.2. The molecule has 0 radical (unpaired) electrons. The Kier molecular flexibility index (Phi) is 10.7. The lowest BCUT2D eigenvalue weighted by Crippen LogP contribution is -2.39. The third kappa shape index (κ3) is 8.24. The molecule has 1 unspecified atom stereocenters. The standard InChI is InChI=1S/C16H28N4O2.HI/c1-6-17-16(19-10-9-18-15(21)11(2)3)20-13(5)14-8-7-12(4)22-14;/h7-8,11,13H,6,9-10H2,1-5H3,(H,18,21)(H2,17,19,20);1H. The molecule has 1 amide bonds. The number of guanidine groups is 1. The van der Waals surface area contributed by atoms with Gasteiger partial charge in [-0.3, -0.25) is 9.79 Å². The molecule has 1 atom stereocenters. The summed E-state index contributed by atoms with van der Waals surface area (Å²) in [6.07, 6.45) is 0. The van der Waals surface area contributed by atoms with E-state index in [0.717, 1.165) is 18.1 Å². The van der Waals surface area contributed by atoms with Crippen LogP contribution >= 0.6 is 24.0 Å². The molecule has 0 bridgehead atoms. The summed E-state index contributed by atoms with van der Waals surface area (Å²) in [5.74, 6) is 2.52. The molecule has 1 aromatic heterocycles. The Bertz CT molecular complexity index is 500. The van der Waals surface area contributed by atoms with Crippen molar-refractivity contribution in [3.8, 4) is 0 Å². The molecule has 23 heavy (non-hydrogen) atoms. The summed E-state index contributed by atoms with van der Waals surface area (Å²) in [6, 6.07) is 3.93. The van der Waals surface area contributed by atoms with Crippen molar-refractivity contribution in [3.63, 3.8) is 0 Å². The van der Waals surface area contributed by atoms with Gasteiger partial charge in [0.25, 0.3) is 0 Å². The van der Waals surface area contributed by atoms with Gasteiger partial charge in [-0.25, -0.2) is 0 Å². The van der Waals surface area contributed by atoms with E-state index in [1.165, 1.54) is 0 Å². The maximum Gasteiger partial charge on any atom is 0.222 e. The van der Waals surface area contributed by atoms with Gasteiger partial charge in [-0.05, 0) is 32.9 Å². The molecule has 0 aromatic carbocycles. The highest BCUT2D eigenvalue weighted by atomic mass is 127. The van der Waals surface area contributed by atoms with Crippen molar-refractivity contribution in [2.45, 2.75) is 40.7 Å². The second-order valence-corrected chi connectivity index (χ2v) is 5.52.